The normalized spacial score (nSPS) is 18.1. The zero-order valence-electron chi connectivity index (χ0n) is 17.3. The van der Waals surface area contributed by atoms with Gasteiger partial charge in [-0.3, -0.25) is 4.79 Å². The predicted octanol–water partition coefficient (Wildman–Crippen LogP) is 4.88. The second-order valence-corrected chi connectivity index (χ2v) is 7.88. The van der Waals surface area contributed by atoms with E-state index < -0.39 is 11.7 Å². The summed E-state index contributed by atoms with van der Waals surface area (Å²) in [6.45, 7) is 0.100. The number of halogens is 2. The highest BCUT2D eigenvalue weighted by Crippen LogP contribution is 2.44. The number of nitrogens with zero attached hydrogens (tertiary/aromatic N) is 1. The lowest BCUT2D eigenvalue weighted by Crippen LogP contribution is -2.27. The Morgan fingerprint density at radius 2 is 2.09 bits per heavy atom. The minimum absolute atomic E-state index is 0.0144. The predicted molar refractivity (Wildman–Crippen MR) is 115 cm³/mol. The number of nitriles is 1. The average Bonchev–Trinajstić information content (AvgIpc) is 2.79. The van der Waals surface area contributed by atoms with Gasteiger partial charge in [0.1, 0.15) is 41.3 Å². The maximum atomic E-state index is 13.4. The van der Waals surface area contributed by atoms with E-state index in [1.165, 1.54) is 25.3 Å². The molecule has 1 unspecified atom stereocenters. The first-order valence-corrected chi connectivity index (χ1v) is 10.4. The lowest BCUT2D eigenvalue weighted by Gasteiger charge is -2.31. The first-order valence-electron chi connectivity index (χ1n) is 10.0. The van der Waals surface area contributed by atoms with Gasteiger partial charge in [0.25, 0.3) is 0 Å². The maximum absolute atomic E-state index is 13.4. The Hall–Kier alpha value is -3.50. The molecule has 2 aromatic rings. The molecule has 0 spiro atoms. The summed E-state index contributed by atoms with van der Waals surface area (Å²) in [7, 11) is 1.53. The van der Waals surface area contributed by atoms with E-state index in [2.05, 4.69) is 6.07 Å². The van der Waals surface area contributed by atoms with E-state index in [1.807, 2.05) is 6.07 Å². The van der Waals surface area contributed by atoms with Gasteiger partial charge in [0.05, 0.1) is 18.1 Å². The summed E-state index contributed by atoms with van der Waals surface area (Å²) < 4.78 is 30.3. The Bertz CT molecular complexity index is 1200. The molecule has 1 atom stereocenters. The molecule has 0 saturated carbocycles. The average molecular weight is 455 g/mol. The summed E-state index contributed by atoms with van der Waals surface area (Å²) in [5, 5.41) is 9.70. The zero-order valence-corrected chi connectivity index (χ0v) is 18.0. The molecule has 1 aliphatic heterocycles. The fraction of sp³-hybridized carbons (Fsp3) is 0.250. The number of rotatable bonds is 5. The number of allylic oxidation sites excluding steroid dienone is 3. The van der Waals surface area contributed by atoms with Crippen LogP contribution < -0.4 is 15.2 Å². The Balaban J connectivity index is 1.72. The first kappa shape index (κ1) is 21.7. The largest absolute Gasteiger partial charge is 0.496 e. The quantitative estimate of drug-likeness (QED) is 0.691. The molecule has 2 aromatic carbocycles. The molecular formula is C24H20ClFN2O4. The maximum Gasteiger partial charge on any atom is 0.205 e. The van der Waals surface area contributed by atoms with E-state index in [-0.39, 0.29) is 28.9 Å². The summed E-state index contributed by atoms with van der Waals surface area (Å²) in [6, 6.07) is 11.6. The van der Waals surface area contributed by atoms with Crippen LogP contribution in [-0.4, -0.2) is 12.9 Å². The molecule has 164 valence electrons. The van der Waals surface area contributed by atoms with Crippen LogP contribution in [0.3, 0.4) is 0 Å². The number of hydrogen-bond acceptors (Lipinski definition) is 6. The van der Waals surface area contributed by atoms with Crippen molar-refractivity contribution >= 4 is 17.4 Å². The first-order chi connectivity index (χ1) is 15.4. The van der Waals surface area contributed by atoms with Crippen molar-refractivity contribution < 1.29 is 23.4 Å². The van der Waals surface area contributed by atoms with E-state index in [1.54, 1.807) is 12.1 Å². The van der Waals surface area contributed by atoms with Gasteiger partial charge in [0.2, 0.25) is 5.88 Å². The molecule has 0 saturated heterocycles. The summed E-state index contributed by atoms with van der Waals surface area (Å²) in [6.07, 6.45) is 1.67. The fourth-order valence-electron chi connectivity index (χ4n) is 4.01. The Kier molecular flexibility index (Phi) is 6.06. The van der Waals surface area contributed by atoms with E-state index in [0.29, 0.717) is 53.2 Å². The second-order valence-electron chi connectivity index (χ2n) is 7.47. The number of benzene rings is 2. The molecule has 0 fully saturated rings. The molecule has 1 heterocycles. The van der Waals surface area contributed by atoms with Gasteiger partial charge in [-0.05, 0) is 36.2 Å². The minimum atomic E-state index is -0.624. The molecule has 32 heavy (non-hydrogen) atoms. The van der Waals surface area contributed by atoms with E-state index in [0.717, 1.165) is 0 Å². The van der Waals surface area contributed by atoms with Crippen molar-refractivity contribution in [2.24, 2.45) is 5.73 Å². The number of ketones is 1. The van der Waals surface area contributed by atoms with Gasteiger partial charge in [-0.1, -0.05) is 17.7 Å². The zero-order chi connectivity index (χ0) is 22.8. The number of hydrogen-bond donors (Lipinski definition) is 1. The number of carbonyl (C=O) groups is 1. The van der Waals surface area contributed by atoms with Gasteiger partial charge in [-0.2, -0.15) is 5.26 Å². The summed E-state index contributed by atoms with van der Waals surface area (Å²) in [5.41, 5.74) is 8.07. The van der Waals surface area contributed by atoms with E-state index in [9.17, 15) is 14.4 Å². The Morgan fingerprint density at radius 1 is 1.28 bits per heavy atom. The van der Waals surface area contributed by atoms with Crippen molar-refractivity contribution in [1.29, 1.82) is 5.26 Å². The summed E-state index contributed by atoms with van der Waals surface area (Å²) in [5.74, 6) is 0.288. The minimum Gasteiger partial charge on any atom is -0.496 e. The highest BCUT2D eigenvalue weighted by atomic mass is 35.5. The molecule has 2 aliphatic rings. The smallest absolute Gasteiger partial charge is 0.205 e. The fourth-order valence-corrected chi connectivity index (χ4v) is 4.18. The molecule has 2 N–H and O–H groups in total. The lowest BCUT2D eigenvalue weighted by molar-refractivity contribution is -0.116. The third-order valence-electron chi connectivity index (χ3n) is 5.53. The monoisotopic (exact) mass is 454 g/mol. The van der Waals surface area contributed by atoms with Crippen molar-refractivity contribution in [3.05, 3.63) is 81.2 Å². The van der Waals surface area contributed by atoms with Crippen LogP contribution in [0.25, 0.3) is 0 Å². The molecule has 0 radical (unpaired) electrons. The number of carbonyl (C=O) groups excluding carboxylic acids is 1. The van der Waals surface area contributed by atoms with Crippen LogP contribution in [0.2, 0.25) is 5.02 Å². The third kappa shape index (κ3) is 4.02. The van der Waals surface area contributed by atoms with Gasteiger partial charge in [0.15, 0.2) is 5.78 Å². The van der Waals surface area contributed by atoms with E-state index >= 15 is 0 Å². The Labute approximate surface area is 189 Å². The van der Waals surface area contributed by atoms with Crippen LogP contribution in [0.15, 0.2) is 59.2 Å². The SMILES string of the molecule is COc1ccc(C2C(C#N)=C(N)OC3=C2C(=O)CCC3)cc1COc1ccc(F)c(Cl)c1. The van der Waals surface area contributed by atoms with Gasteiger partial charge < -0.3 is 19.9 Å². The molecule has 0 amide bonds. The van der Waals surface area contributed by atoms with Crippen molar-refractivity contribution in [2.45, 2.75) is 31.8 Å². The molecule has 1 aliphatic carbocycles. The molecule has 6 nitrogen and oxygen atoms in total. The molecular weight excluding hydrogens is 435 g/mol. The molecule has 0 bridgehead atoms. The van der Waals surface area contributed by atoms with Gasteiger partial charge in [-0.15, -0.1) is 0 Å². The molecule has 4 rings (SSSR count). The van der Waals surface area contributed by atoms with Gasteiger partial charge in [0, 0.05) is 30.0 Å². The van der Waals surface area contributed by atoms with Crippen molar-refractivity contribution in [3.8, 4) is 17.6 Å². The highest BCUT2D eigenvalue weighted by molar-refractivity contribution is 6.30. The van der Waals surface area contributed by atoms with Crippen LogP contribution in [0, 0.1) is 17.1 Å². The van der Waals surface area contributed by atoms with Gasteiger partial charge >= 0.3 is 0 Å². The van der Waals surface area contributed by atoms with Crippen molar-refractivity contribution in [2.75, 3.05) is 7.11 Å². The van der Waals surface area contributed by atoms with E-state index in [4.69, 9.17) is 31.5 Å². The van der Waals surface area contributed by atoms with Crippen LogP contribution in [0.5, 0.6) is 11.5 Å². The lowest BCUT2D eigenvalue weighted by atomic mass is 9.77. The Morgan fingerprint density at radius 3 is 2.81 bits per heavy atom. The topological polar surface area (TPSA) is 94.6 Å². The standard InChI is InChI=1S/C24H20ClFN2O4/c1-30-20-8-5-13(9-14(20)12-31-15-6-7-18(26)17(25)10-15)22-16(11-27)24(28)32-21-4-2-3-19(29)23(21)22/h5-10,22H,2-4,12,28H2,1H3. The highest BCUT2D eigenvalue weighted by Gasteiger charge is 2.38. The molecule has 0 aromatic heterocycles. The second kappa shape index (κ2) is 8.93. The third-order valence-corrected chi connectivity index (χ3v) is 5.82. The van der Waals surface area contributed by atoms with Crippen molar-refractivity contribution in [3.63, 3.8) is 0 Å². The van der Waals surface area contributed by atoms with Crippen LogP contribution in [0.1, 0.15) is 36.3 Å². The number of ether oxygens (including phenoxy) is 3. The summed E-state index contributed by atoms with van der Waals surface area (Å²) in [4.78, 5) is 12.8. The van der Waals surface area contributed by atoms with Gasteiger partial charge in [-0.25, -0.2) is 4.39 Å². The number of nitrogens with two attached hydrogens (primary N) is 1. The number of Topliss-reactive ketones (excluding diaryl/α,β-unsaturated/α-hetero) is 1. The summed E-state index contributed by atoms with van der Waals surface area (Å²) >= 11 is 5.83. The van der Waals surface area contributed by atoms with Crippen molar-refractivity contribution in [1.82, 2.24) is 0 Å². The molecule has 8 heteroatoms. The van der Waals surface area contributed by atoms with Crippen LogP contribution in [-0.2, 0) is 16.1 Å². The van der Waals surface area contributed by atoms with Crippen LogP contribution in [0.4, 0.5) is 4.39 Å². The van der Waals surface area contributed by atoms with Crippen LogP contribution >= 0.6 is 11.6 Å². The number of methoxy groups -OCH3 is 1.